The smallest absolute Gasteiger partial charge is 0.129 e. The van der Waals surface area contributed by atoms with Crippen molar-refractivity contribution in [2.75, 3.05) is 13.7 Å². The zero-order valence-corrected chi connectivity index (χ0v) is 12.6. The molecule has 0 saturated carbocycles. The highest BCUT2D eigenvalue weighted by molar-refractivity contribution is 7.84. The molecule has 0 aromatic carbocycles. The van der Waals surface area contributed by atoms with Gasteiger partial charge >= 0.3 is 0 Å². The Hall–Kier alpha value is -0.490. The Morgan fingerprint density at radius 2 is 2.22 bits per heavy atom. The average Bonchev–Trinajstić information content (AvgIpc) is 2.27. The standard InChI is InChI=1S/C12H19ClN2O2S/c1-12(2,3)18(16)15-10(8-17-4)9-5-6-14-11(13)7-9/h5-7,10,15H,8H2,1-4H3/t10-,18?/m0/s1. The second kappa shape index (κ2) is 6.61. The van der Waals surface area contributed by atoms with Crippen LogP contribution >= 0.6 is 11.6 Å². The summed E-state index contributed by atoms with van der Waals surface area (Å²) in [7, 11) is 0.439. The molecule has 0 aliphatic carbocycles. The topological polar surface area (TPSA) is 51.2 Å². The molecule has 2 atom stereocenters. The first-order valence-electron chi connectivity index (χ1n) is 5.63. The summed E-state index contributed by atoms with van der Waals surface area (Å²) in [5, 5.41) is 0.414. The summed E-state index contributed by atoms with van der Waals surface area (Å²) >= 11 is 5.86. The maximum absolute atomic E-state index is 12.1. The highest BCUT2D eigenvalue weighted by atomic mass is 35.5. The minimum atomic E-state index is -1.17. The van der Waals surface area contributed by atoms with Gasteiger partial charge in [0.25, 0.3) is 0 Å². The van der Waals surface area contributed by atoms with Crippen LogP contribution in [0.5, 0.6) is 0 Å². The first-order valence-corrected chi connectivity index (χ1v) is 7.16. The van der Waals surface area contributed by atoms with Crippen LogP contribution in [0, 0.1) is 0 Å². The summed E-state index contributed by atoms with van der Waals surface area (Å²) in [6.45, 7) is 6.17. The van der Waals surface area contributed by atoms with Crippen molar-refractivity contribution in [2.45, 2.75) is 31.6 Å². The van der Waals surface area contributed by atoms with E-state index in [1.165, 1.54) is 0 Å². The molecule has 1 heterocycles. The van der Waals surface area contributed by atoms with Crippen molar-refractivity contribution in [2.24, 2.45) is 0 Å². The van der Waals surface area contributed by atoms with Crippen molar-refractivity contribution in [1.29, 1.82) is 0 Å². The zero-order chi connectivity index (χ0) is 13.8. The van der Waals surface area contributed by atoms with Gasteiger partial charge in [0.05, 0.1) is 28.4 Å². The van der Waals surface area contributed by atoms with E-state index >= 15 is 0 Å². The summed E-state index contributed by atoms with van der Waals surface area (Å²) in [5.74, 6) is 0. The van der Waals surface area contributed by atoms with Gasteiger partial charge in [0, 0.05) is 13.3 Å². The lowest BCUT2D eigenvalue weighted by molar-refractivity contribution is 0.176. The number of pyridine rings is 1. The summed E-state index contributed by atoms with van der Waals surface area (Å²) in [6, 6.07) is 3.41. The van der Waals surface area contributed by atoms with E-state index in [1.54, 1.807) is 19.4 Å². The predicted molar refractivity (Wildman–Crippen MR) is 74.9 cm³/mol. The fourth-order valence-electron chi connectivity index (χ4n) is 1.31. The van der Waals surface area contributed by atoms with Gasteiger partial charge in [-0.15, -0.1) is 0 Å². The highest BCUT2D eigenvalue weighted by Crippen LogP contribution is 2.19. The molecule has 0 spiro atoms. The molecule has 1 aromatic heterocycles. The summed E-state index contributed by atoms with van der Waals surface area (Å²) in [4.78, 5) is 3.93. The molecule has 1 aromatic rings. The third-order valence-electron chi connectivity index (χ3n) is 2.29. The first-order chi connectivity index (χ1) is 8.34. The molecule has 1 unspecified atom stereocenters. The van der Waals surface area contributed by atoms with Crippen LogP contribution in [0.3, 0.4) is 0 Å². The van der Waals surface area contributed by atoms with Crippen LogP contribution in [-0.4, -0.2) is 27.7 Å². The van der Waals surface area contributed by atoms with Gasteiger partial charge < -0.3 is 4.74 Å². The molecule has 0 amide bonds. The third kappa shape index (κ3) is 4.65. The van der Waals surface area contributed by atoms with Gasteiger partial charge in [0.15, 0.2) is 0 Å². The number of nitrogens with one attached hydrogen (secondary N) is 1. The molecule has 1 rings (SSSR count). The van der Waals surface area contributed by atoms with E-state index in [0.717, 1.165) is 5.56 Å². The number of hydrogen-bond donors (Lipinski definition) is 1. The first kappa shape index (κ1) is 15.6. The van der Waals surface area contributed by atoms with Gasteiger partial charge in [-0.2, -0.15) is 0 Å². The van der Waals surface area contributed by atoms with Crippen LogP contribution in [0.25, 0.3) is 0 Å². The Kier molecular flexibility index (Phi) is 5.72. The quantitative estimate of drug-likeness (QED) is 0.848. The molecule has 4 nitrogen and oxygen atoms in total. The predicted octanol–water partition coefficient (Wildman–Crippen LogP) is 2.47. The number of ether oxygens (including phenoxy) is 1. The number of halogens is 1. The molecular formula is C12H19ClN2O2S. The highest BCUT2D eigenvalue weighted by Gasteiger charge is 2.23. The van der Waals surface area contributed by atoms with Crippen molar-refractivity contribution < 1.29 is 8.95 Å². The number of aromatic nitrogens is 1. The van der Waals surface area contributed by atoms with E-state index in [2.05, 4.69) is 9.71 Å². The van der Waals surface area contributed by atoms with E-state index in [-0.39, 0.29) is 10.8 Å². The second-order valence-corrected chi connectivity index (χ2v) is 7.30. The fraction of sp³-hybridized carbons (Fsp3) is 0.583. The normalized spacial score (nSPS) is 15.4. The van der Waals surface area contributed by atoms with Crippen LogP contribution in [0.15, 0.2) is 18.3 Å². The lowest BCUT2D eigenvalue weighted by Crippen LogP contribution is -2.37. The Morgan fingerprint density at radius 1 is 1.56 bits per heavy atom. The van der Waals surface area contributed by atoms with Gasteiger partial charge in [-0.1, -0.05) is 11.6 Å². The van der Waals surface area contributed by atoms with Crippen LogP contribution in [0.4, 0.5) is 0 Å². The maximum atomic E-state index is 12.1. The van der Waals surface area contributed by atoms with Crippen LogP contribution in [0.1, 0.15) is 32.4 Å². The van der Waals surface area contributed by atoms with E-state index in [1.807, 2.05) is 26.8 Å². The lowest BCUT2D eigenvalue weighted by Gasteiger charge is -2.24. The third-order valence-corrected chi connectivity index (χ3v) is 4.11. The van der Waals surface area contributed by atoms with Crippen molar-refractivity contribution >= 4 is 22.6 Å². The SMILES string of the molecule is COC[C@H](NS(=O)C(C)(C)C)c1ccnc(Cl)c1. The summed E-state index contributed by atoms with van der Waals surface area (Å²) in [6.07, 6.45) is 1.63. The lowest BCUT2D eigenvalue weighted by atomic mass is 10.1. The van der Waals surface area contributed by atoms with Crippen molar-refractivity contribution in [1.82, 2.24) is 9.71 Å². The Morgan fingerprint density at radius 3 is 2.72 bits per heavy atom. The fourth-order valence-corrected chi connectivity index (χ4v) is 2.30. The van der Waals surface area contributed by atoms with E-state index in [4.69, 9.17) is 16.3 Å². The molecule has 18 heavy (non-hydrogen) atoms. The van der Waals surface area contributed by atoms with Crippen molar-refractivity contribution in [3.63, 3.8) is 0 Å². The van der Waals surface area contributed by atoms with Gasteiger partial charge in [-0.05, 0) is 38.5 Å². The monoisotopic (exact) mass is 290 g/mol. The molecule has 0 saturated heterocycles. The van der Waals surface area contributed by atoms with Crippen molar-refractivity contribution in [3.8, 4) is 0 Å². The van der Waals surface area contributed by atoms with Crippen LogP contribution in [0.2, 0.25) is 5.15 Å². The molecule has 102 valence electrons. The summed E-state index contributed by atoms with van der Waals surface area (Å²) in [5.41, 5.74) is 0.912. The zero-order valence-electron chi connectivity index (χ0n) is 11.1. The van der Waals surface area contributed by atoms with Gasteiger partial charge in [0.2, 0.25) is 0 Å². The number of hydrogen-bond acceptors (Lipinski definition) is 3. The molecule has 1 N–H and O–H groups in total. The Balaban J connectivity index is 2.87. The van der Waals surface area contributed by atoms with Crippen molar-refractivity contribution in [3.05, 3.63) is 29.0 Å². The second-order valence-electron chi connectivity index (χ2n) is 4.92. The van der Waals surface area contributed by atoms with Gasteiger partial charge in [-0.25, -0.2) is 13.9 Å². The minimum Gasteiger partial charge on any atom is -0.383 e. The largest absolute Gasteiger partial charge is 0.383 e. The maximum Gasteiger partial charge on any atom is 0.129 e. The summed E-state index contributed by atoms with van der Waals surface area (Å²) < 4.78 is 20.0. The van der Waals surface area contributed by atoms with Gasteiger partial charge in [-0.3, -0.25) is 0 Å². The van der Waals surface area contributed by atoms with E-state index < -0.39 is 11.0 Å². The van der Waals surface area contributed by atoms with Crippen LogP contribution < -0.4 is 4.72 Å². The number of nitrogens with zero attached hydrogens (tertiary/aromatic N) is 1. The molecule has 0 aliphatic rings. The molecule has 0 fully saturated rings. The van der Waals surface area contributed by atoms with Crippen LogP contribution in [-0.2, 0) is 15.7 Å². The minimum absolute atomic E-state index is 0.171. The number of methoxy groups -OCH3 is 1. The molecule has 0 radical (unpaired) electrons. The van der Waals surface area contributed by atoms with E-state index in [9.17, 15) is 4.21 Å². The Labute approximate surface area is 116 Å². The van der Waals surface area contributed by atoms with E-state index in [0.29, 0.717) is 11.8 Å². The van der Waals surface area contributed by atoms with Gasteiger partial charge in [0.1, 0.15) is 5.15 Å². The average molecular weight is 291 g/mol. The molecule has 0 bridgehead atoms. The molecule has 0 aliphatic heterocycles. The molecular weight excluding hydrogens is 272 g/mol. The molecule has 6 heteroatoms. The number of rotatable bonds is 5. The Bertz CT molecular complexity index is 421.